The van der Waals surface area contributed by atoms with Crippen LogP contribution in [0.2, 0.25) is 0 Å². The lowest BCUT2D eigenvalue weighted by Crippen LogP contribution is -2.38. The lowest BCUT2D eigenvalue weighted by atomic mass is 10.0. The standard InChI is InChI=1S/C17H23NO3/c1-11(2)13(4)18(5)17(21)15-10-14(7-6-12(15)3)8-9-16(19)20/h6-11,13H,1-5H3,(H,19,20). The monoisotopic (exact) mass is 289 g/mol. The molecule has 114 valence electrons. The Bertz CT molecular complexity index is 561. The third-order valence-electron chi connectivity index (χ3n) is 3.81. The zero-order valence-electron chi connectivity index (χ0n) is 13.3. The fraction of sp³-hybridized carbons (Fsp3) is 0.412. The molecule has 0 aliphatic rings. The molecule has 0 aromatic heterocycles. The summed E-state index contributed by atoms with van der Waals surface area (Å²) < 4.78 is 0. The number of nitrogens with zero attached hydrogens (tertiary/aromatic N) is 1. The summed E-state index contributed by atoms with van der Waals surface area (Å²) in [4.78, 5) is 24.9. The number of carboxylic acids is 1. The van der Waals surface area contributed by atoms with Gasteiger partial charge in [-0.05, 0) is 43.0 Å². The maximum absolute atomic E-state index is 12.6. The molecule has 0 aliphatic carbocycles. The number of carboxylic acid groups (broad SMARTS) is 1. The number of rotatable bonds is 5. The quantitative estimate of drug-likeness (QED) is 0.847. The van der Waals surface area contributed by atoms with Crippen LogP contribution < -0.4 is 0 Å². The van der Waals surface area contributed by atoms with Crippen LogP contribution in [0.4, 0.5) is 0 Å². The van der Waals surface area contributed by atoms with E-state index in [2.05, 4.69) is 13.8 Å². The molecule has 21 heavy (non-hydrogen) atoms. The first-order chi connectivity index (χ1) is 9.73. The number of aryl methyl sites for hydroxylation is 1. The van der Waals surface area contributed by atoms with Gasteiger partial charge < -0.3 is 10.0 Å². The number of aliphatic carboxylic acids is 1. The van der Waals surface area contributed by atoms with Gasteiger partial charge in [-0.3, -0.25) is 4.79 Å². The van der Waals surface area contributed by atoms with Crippen molar-refractivity contribution in [2.45, 2.75) is 33.7 Å². The van der Waals surface area contributed by atoms with E-state index in [1.165, 1.54) is 6.08 Å². The molecular formula is C17H23NO3. The smallest absolute Gasteiger partial charge is 0.328 e. The molecule has 0 bridgehead atoms. The molecule has 0 aliphatic heterocycles. The first kappa shape index (κ1) is 17.0. The molecule has 1 amide bonds. The molecule has 4 heteroatoms. The lowest BCUT2D eigenvalue weighted by molar-refractivity contribution is -0.131. The molecule has 0 radical (unpaired) electrons. The molecule has 1 atom stereocenters. The molecule has 0 saturated heterocycles. The predicted octanol–water partition coefficient (Wildman–Crippen LogP) is 3.21. The van der Waals surface area contributed by atoms with Gasteiger partial charge >= 0.3 is 5.97 Å². The van der Waals surface area contributed by atoms with Gasteiger partial charge in [0.2, 0.25) is 0 Å². The fourth-order valence-corrected chi connectivity index (χ4v) is 1.96. The SMILES string of the molecule is Cc1ccc(C=CC(=O)O)cc1C(=O)N(C)C(C)C(C)C. The molecule has 1 N–H and O–H groups in total. The van der Waals surface area contributed by atoms with Gasteiger partial charge in [0.1, 0.15) is 0 Å². The van der Waals surface area contributed by atoms with E-state index >= 15 is 0 Å². The number of benzene rings is 1. The second kappa shape index (κ2) is 7.07. The van der Waals surface area contributed by atoms with Gasteiger partial charge in [0.05, 0.1) is 0 Å². The van der Waals surface area contributed by atoms with Gasteiger partial charge in [0.25, 0.3) is 5.91 Å². The summed E-state index contributed by atoms with van der Waals surface area (Å²) in [5.74, 6) is -0.678. The van der Waals surface area contributed by atoms with Crippen molar-refractivity contribution in [3.8, 4) is 0 Å². The van der Waals surface area contributed by atoms with Gasteiger partial charge in [-0.1, -0.05) is 26.0 Å². The van der Waals surface area contributed by atoms with Crippen LogP contribution in [-0.4, -0.2) is 35.0 Å². The van der Waals surface area contributed by atoms with Crippen LogP contribution in [0.3, 0.4) is 0 Å². The van der Waals surface area contributed by atoms with Crippen LogP contribution in [0.25, 0.3) is 6.08 Å². The minimum Gasteiger partial charge on any atom is -0.478 e. The summed E-state index contributed by atoms with van der Waals surface area (Å²) in [6.45, 7) is 8.05. The van der Waals surface area contributed by atoms with E-state index in [1.807, 2.05) is 19.9 Å². The maximum atomic E-state index is 12.6. The average molecular weight is 289 g/mol. The van der Waals surface area contributed by atoms with Crippen LogP contribution in [0, 0.1) is 12.8 Å². The van der Waals surface area contributed by atoms with Gasteiger partial charge in [-0.2, -0.15) is 0 Å². The van der Waals surface area contributed by atoms with Crippen LogP contribution in [0.15, 0.2) is 24.3 Å². The average Bonchev–Trinajstić information content (AvgIpc) is 2.43. The Labute approximate surface area is 126 Å². The topological polar surface area (TPSA) is 57.6 Å². The Morgan fingerprint density at radius 2 is 1.86 bits per heavy atom. The van der Waals surface area contributed by atoms with Crippen molar-refractivity contribution in [3.63, 3.8) is 0 Å². The highest BCUT2D eigenvalue weighted by molar-refractivity contribution is 5.96. The first-order valence-corrected chi connectivity index (χ1v) is 7.02. The van der Waals surface area contributed by atoms with Crippen LogP contribution in [-0.2, 0) is 4.79 Å². The van der Waals surface area contributed by atoms with E-state index in [9.17, 15) is 9.59 Å². The summed E-state index contributed by atoms with van der Waals surface area (Å²) in [6.07, 6.45) is 2.56. The highest BCUT2D eigenvalue weighted by atomic mass is 16.4. The van der Waals surface area contributed by atoms with E-state index in [0.717, 1.165) is 11.6 Å². The third-order valence-corrected chi connectivity index (χ3v) is 3.81. The van der Waals surface area contributed by atoms with Crippen molar-refractivity contribution in [2.24, 2.45) is 5.92 Å². The van der Waals surface area contributed by atoms with E-state index in [0.29, 0.717) is 17.0 Å². The van der Waals surface area contributed by atoms with Gasteiger partial charge in [-0.15, -0.1) is 0 Å². The zero-order chi connectivity index (χ0) is 16.2. The number of amides is 1. The van der Waals surface area contributed by atoms with Crippen molar-refractivity contribution in [2.75, 3.05) is 7.05 Å². The third kappa shape index (κ3) is 4.45. The minimum absolute atomic E-state index is 0.0423. The molecule has 0 heterocycles. The summed E-state index contributed by atoms with van der Waals surface area (Å²) in [6, 6.07) is 5.51. The number of carbonyl (C=O) groups excluding carboxylic acids is 1. The largest absolute Gasteiger partial charge is 0.478 e. The van der Waals surface area contributed by atoms with Crippen LogP contribution in [0.1, 0.15) is 42.3 Å². The molecule has 1 unspecified atom stereocenters. The Balaban J connectivity index is 3.09. The highest BCUT2D eigenvalue weighted by Crippen LogP contribution is 2.17. The minimum atomic E-state index is -1.01. The fourth-order valence-electron chi connectivity index (χ4n) is 1.96. The number of hydrogen-bond donors (Lipinski definition) is 1. The molecule has 1 rings (SSSR count). The summed E-state index contributed by atoms with van der Waals surface area (Å²) in [5.41, 5.74) is 2.20. The summed E-state index contributed by atoms with van der Waals surface area (Å²) in [7, 11) is 1.80. The van der Waals surface area contributed by atoms with E-state index in [-0.39, 0.29) is 11.9 Å². The molecule has 1 aromatic rings. The van der Waals surface area contributed by atoms with Gasteiger partial charge in [0, 0.05) is 24.7 Å². The zero-order valence-corrected chi connectivity index (χ0v) is 13.3. The second-order valence-corrected chi connectivity index (χ2v) is 5.65. The second-order valence-electron chi connectivity index (χ2n) is 5.65. The van der Waals surface area contributed by atoms with Crippen molar-refractivity contribution in [3.05, 3.63) is 41.0 Å². The highest BCUT2D eigenvalue weighted by Gasteiger charge is 2.21. The lowest BCUT2D eigenvalue weighted by Gasteiger charge is -2.28. The molecule has 0 spiro atoms. The van der Waals surface area contributed by atoms with Gasteiger partial charge in [0.15, 0.2) is 0 Å². The Kier molecular flexibility index (Phi) is 5.70. The normalized spacial score (nSPS) is 12.7. The molecule has 1 aromatic carbocycles. The van der Waals surface area contributed by atoms with Gasteiger partial charge in [-0.25, -0.2) is 4.79 Å². The molecule has 4 nitrogen and oxygen atoms in total. The van der Waals surface area contributed by atoms with Crippen LogP contribution >= 0.6 is 0 Å². The van der Waals surface area contributed by atoms with E-state index < -0.39 is 5.97 Å². The van der Waals surface area contributed by atoms with Crippen molar-refractivity contribution in [1.82, 2.24) is 4.90 Å². The Morgan fingerprint density at radius 1 is 1.24 bits per heavy atom. The van der Waals surface area contributed by atoms with E-state index in [1.54, 1.807) is 24.1 Å². The number of hydrogen-bond acceptors (Lipinski definition) is 2. The van der Waals surface area contributed by atoms with Crippen molar-refractivity contribution >= 4 is 18.0 Å². The first-order valence-electron chi connectivity index (χ1n) is 7.02. The predicted molar refractivity (Wildman–Crippen MR) is 84.2 cm³/mol. The van der Waals surface area contributed by atoms with E-state index in [4.69, 9.17) is 5.11 Å². The Hall–Kier alpha value is -2.10. The maximum Gasteiger partial charge on any atom is 0.328 e. The summed E-state index contributed by atoms with van der Waals surface area (Å²) >= 11 is 0. The Morgan fingerprint density at radius 3 is 2.38 bits per heavy atom. The molecule has 0 fully saturated rings. The number of carbonyl (C=O) groups is 2. The molecular weight excluding hydrogens is 266 g/mol. The van der Waals surface area contributed by atoms with Crippen LogP contribution in [0.5, 0.6) is 0 Å². The van der Waals surface area contributed by atoms with Crippen molar-refractivity contribution < 1.29 is 14.7 Å². The van der Waals surface area contributed by atoms with Crippen molar-refractivity contribution in [1.29, 1.82) is 0 Å². The summed E-state index contributed by atoms with van der Waals surface area (Å²) in [5, 5.41) is 8.67. The molecule has 0 saturated carbocycles.